The number of morpholine rings is 1. The third kappa shape index (κ3) is 3.43. The minimum absolute atomic E-state index is 0.00468. The lowest BCUT2D eigenvalue weighted by molar-refractivity contribution is -0.0503. The second-order valence-electron chi connectivity index (χ2n) is 5.18. The largest absolute Gasteiger partial charge is 0.495 e. The number of hydrogen-bond donors (Lipinski definition) is 1. The van der Waals surface area contributed by atoms with Crippen molar-refractivity contribution in [1.29, 1.82) is 0 Å². The van der Waals surface area contributed by atoms with Crippen molar-refractivity contribution in [3.8, 4) is 5.75 Å². The minimum atomic E-state index is -0.177. The van der Waals surface area contributed by atoms with Crippen molar-refractivity contribution in [2.75, 3.05) is 26.8 Å². The van der Waals surface area contributed by atoms with E-state index in [1.165, 1.54) is 0 Å². The molecule has 5 nitrogen and oxygen atoms in total. The van der Waals surface area contributed by atoms with Crippen molar-refractivity contribution in [3.05, 3.63) is 24.0 Å². The van der Waals surface area contributed by atoms with Gasteiger partial charge in [0.15, 0.2) is 0 Å². The summed E-state index contributed by atoms with van der Waals surface area (Å²) in [5.41, 5.74) is 7.26. The summed E-state index contributed by atoms with van der Waals surface area (Å²) in [4.78, 5) is 6.54. The molecule has 1 saturated heterocycles. The van der Waals surface area contributed by atoms with E-state index in [4.69, 9.17) is 15.2 Å². The van der Waals surface area contributed by atoms with E-state index in [9.17, 15) is 0 Å². The van der Waals surface area contributed by atoms with Gasteiger partial charge in [-0.05, 0) is 25.5 Å². The summed E-state index contributed by atoms with van der Waals surface area (Å²) in [6, 6.07) is 2.26. The first-order valence-corrected chi connectivity index (χ1v) is 6.72. The summed E-state index contributed by atoms with van der Waals surface area (Å²) in [6.07, 6.45) is 3.47. The van der Waals surface area contributed by atoms with E-state index in [1.54, 1.807) is 19.5 Å². The van der Waals surface area contributed by atoms with E-state index < -0.39 is 0 Å². The van der Waals surface area contributed by atoms with Gasteiger partial charge in [-0.25, -0.2) is 0 Å². The van der Waals surface area contributed by atoms with Gasteiger partial charge in [0.1, 0.15) is 5.75 Å². The van der Waals surface area contributed by atoms with E-state index in [1.807, 2.05) is 6.07 Å². The lowest BCUT2D eigenvalue weighted by Crippen LogP contribution is -2.49. The quantitative estimate of drug-likeness (QED) is 0.886. The standard InChI is InChI=1S/C14H23N3O2/c1-10(2)17-4-5-19-13(9-17)14(15)11-6-12(18-3)8-16-7-11/h6-8,10,13-14H,4-5,9,15H2,1-3H3. The summed E-state index contributed by atoms with van der Waals surface area (Å²) in [5, 5.41) is 0. The third-order valence-corrected chi connectivity index (χ3v) is 3.61. The smallest absolute Gasteiger partial charge is 0.137 e. The van der Waals surface area contributed by atoms with Crippen LogP contribution in [0.2, 0.25) is 0 Å². The van der Waals surface area contributed by atoms with Crippen molar-refractivity contribution in [3.63, 3.8) is 0 Å². The zero-order valence-electron chi connectivity index (χ0n) is 11.9. The summed E-state index contributed by atoms with van der Waals surface area (Å²) >= 11 is 0. The van der Waals surface area contributed by atoms with Crippen LogP contribution in [0.15, 0.2) is 18.5 Å². The van der Waals surface area contributed by atoms with Crippen molar-refractivity contribution >= 4 is 0 Å². The number of methoxy groups -OCH3 is 1. The lowest BCUT2D eigenvalue weighted by atomic mass is 10.0. The molecular weight excluding hydrogens is 242 g/mol. The monoisotopic (exact) mass is 265 g/mol. The van der Waals surface area contributed by atoms with Gasteiger partial charge in [0, 0.05) is 25.3 Å². The Kier molecular flexibility index (Phi) is 4.74. The van der Waals surface area contributed by atoms with Gasteiger partial charge < -0.3 is 15.2 Å². The number of aromatic nitrogens is 1. The van der Waals surface area contributed by atoms with Gasteiger partial charge in [0.2, 0.25) is 0 Å². The fourth-order valence-electron chi connectivity index (χ4n) is 2.33. The van der Waals surface area contributed by atoms with Gasteiger partial charge in [-0.15, -0.1) is 0 Å². The summed E-state index contributed by atoms with van der Waals surface area (Å²) < 4.78 is 11.0. The van der Waals surface area contributed by atoms with Crippen LogP contribution in [0.3, 0.4) is 0 Å². The van der Waals surface area contributed by atoms with Gasteiger partial charge in [-0.3, -0.25) is 9.88 Å². The number of hydrogen-bond acceptors (Lipinski definition) is 5. The molecule has 0 spiro atoms. The van der Waals surface area contributed by atoms with E-state index in [0.717, 1.165) is 31.0 Å². The Balaban J connectivity index is 2.07. The molecule has 0 aliphatic carbocycles. The molecule has 0 aromatic carbocycles. The van der Waals surface area contributed by atoms with Crippen molar-refractivity contribution in [1.82, 2.24) is 9.88 Å². The number of nitrogens with two attached hydrogens (primary N) is 1. The van der Waals surface area contributed by atoms with E-state index in [0.29, 0.717) is 6.04 Å². The second-order valence-corrected chi connectivity index (χ2v) is 5.18. The fourth-order valence-corrected chi connectivity index (χ4v) is 2.33. The van der Waals surface area contributed by atoms with Crippen LogP contribution in [-0.4, -0.2) is 48.8 Å². The molecule has 1 aliphatic heterocycles. The molecule has 2 heterocycles. The highest BCUT2D eigenvalue weighted by Crippen LogP contribution is 2.23. The molecule has 2 rings (SSSR count). The molecule has 0 bridgehead atoms. The van der Waals surface area contributed by atoms with Crippen LogP contribution in [0.4, 0.5) is 0 Å². The molecule has 2 unspecified atom stereocenters. The SMILES string of the molecule is COc1cncc(C(N)C2CN(C(C)C)CCO2)c1. The van der Waals surface area contributed by atoms with Gasteiger partial charge in [-0.1, -0.05) is 0 Å². The van der Waals surface area contributed by atoms with Crippen LogP contribution in [0.25, 0.3) is 0 Å². The second kappa shape index (κ2) is 6.32. The molecular formula is C14H23N3O2. The number of ether oxygens (including phenoxy) is 2. The normalized spacial score (nSPS) is 22.5. The first-order chi connectivity index (χ1) is 9.11. The zero-order valence-corrected chi connectivity index (χ0v) is 11.9. The highest BCUT2D eigenvalue weighted by Gasteiger charge is 2.28. The predicted octanol–water partition coefficient (Wildman–Crippen LogP) is 1.20. The van der Waals surface area contributed by atoms with E-state index >= 15 is 0 Å². The average Bonchev–Trinajstić information content (AvgIpc) is 2.46. The van der Waals surface area contributed by atoms with Crippen LogP contribution >= 0.6 is 0 Å². The van der Waals surface area contributed by atoms with Crippen molar-refractivity contribution in [2.45, 2.75) is 32.0 Å². The Bertz CT molecular complexity index is 411. The number of nitrogens with zero attached hydrogens (tertiary/aromatic N) is 2. The van der Waals surface area contributed by atoms with Crippen LogP contribution in [0.1, 0.15) is 25.5 Å². The Morgan fingerprint density at radius 1 is 1.47 bits per heavy atom. The molecule has 2 atom stereocenters. The molecule has 1 aromatic heterocycles. The van der Waals surface area contributed by atoms with Crippen LogP contribution in [0.5, 0.6) is 5.75 Å². The Hall–Kier alpha value is -1.17. The maximum atomic E-state index is 6.31. The van der Waals surface area contributed by atoms with Crippen molar-refractivity contribution in [2.24, 2.45) is 5.73 Å². The Morgan fingerprint density at radius 2 is 2.26 bits per heavy atom. The van der Waals surface area contributed by atoms with Gasteiger partial charge in [-0.2, -0.15) is 0 Å². The Morgan fingerprint density at radius 3 is 2.95 bits per heavy atom. The molecule has 19 heavy (non-hydrogen) atoms. The lowest BCUT2D eigenvalue weighted by Gasteiger charge is -2.37. The molecule has 1 aromatic rings. The molecule has 0 saturated carbocycles. The Labute approximate surface area is 114 Å². The van der Waals surface area contributed by atoms with Gasteiger partial charge in [0.05, 0.1) is 32.1 Å². The summed E-state index contributed by atoms with van der Waals surface area (Å²) in [7, 11) is 1.63. The predicted molar refractivity (Wildman–Crippen MR) is 74.2 cm³/mol. The molecule has 0 radical (unpaired) electrons. The van der Waals surface area contributed by atoms with Crippen molar-refractivity contribution < 1.29 is 9.47 Å². The molecule has 0 amide bonds. The highest BCUT2D eigenvalue weighted by molar-refractivity contribution is 5.26. The fraction of sp³-hybridized carbons (Fsp3) is 0.643. The molecule has 106 valence electrons. The minimum Gasteiger partial charge on any atom is -0.495 e. The third-order valence-electron chi connectivity index (χ3n) is 3.61. The van der Waals surface area contributed by atoms with Crippen LogP contribution in [-0.2, 0) is 4.74 Å². The van der Waals surface area contributed by atoms with E-state index in [2.05, 4.69) is 23.7 Å². The number of pyridine rings is 1. The highest BCUT2D eigenvalue weighted by atomic mass is 16.5. The topological polar surface area (TPSA) is 60.6 Å². The first kappa shape index (κ1) is 14.2. The van der Waals surface area contributed by atoms with E-state index in [-0.39, 0.29) is 12.1 Å². The molecule has 5 heteroatoms. The first-order valence-electron chi connectivity index (χ1n) is 6.72. The van der Waals surface area contributed by atoms with Crippen LogP contribution in [0, 0.1) is 0 Å². The molecule has 1 fully saturated rings. The zero-order chi connectivity index (χ0) is 13.8. The number of rotatable bonds is 4. The van der Waals surface area contributed by atoms with Gasteiger partial charge in [0.25, 0.3) is 0 Å². The maximum Gasteiger partial charge on any atom is 0.137 e. The molecule has 1 aliphatic rings. The summed E-state index contributed by atoms with van der Waals surface area (Å²) in [5.74, 6) is 0.726. The van der Waals surface area contributed by atoms with Gasteiger partial charge >= 0.3 is 0 Å². The maximum absolute atomic E-state index is 6.31. The molecule has 2 N–H and O–H groups in total. The average molecular weight is 265 g/mol. The van der Waals surface area contributed by atoms with Crippen LogP contribution < -0.4 is 10.5 Å². The summed E-state index contributed by atoms with van der Waals surface area (Å²) in [6.45, 7) is 6.95.